The van der Waals surface area contributed by atoms with E-state index in [1.807, 2.05) is 18.2 Å². The predicted molar refractivity (Wildman–Crippen MR) is 87.4 cm³/mol. The van der Waals surface area contributed by atoms with Crippen molar-refractivity contribution in [1.29, 1.82) is 0 Å². The molecule has 2 aromatic carbocycles. The zero-order chi connectivity index (χ0) is 16.4. The van der Waals surface area contributed by atoms with Crippen LogP contribution in [0.2, 0.25) is 0 Å². The van der Waals surface area contributed by atoms with E-state index in [1.165, 1.54) is 0 Å². The van der Waals surface area contributed by atoms with Gasteiger partial charge in [0.1, 0.15) is 11.5 Å². The van der Waals surface area contributed by atoms with Crippen molar-refractivity contribution < 1.29 is 19.4 Å². The number of hydrogen-bond donors (Lipinski definition) is 1. The summed E-state index contributed by atoms with van der Waals surface area (Å²) in [5.74, 6) is 0.885. The number of carbonyl (C=O) groups is 1. The second kappa shape index (κ2) is 6.42. The van der Waals surface area contributed by atoms with Crippen molar-refractivity contribution in [3.05, 3.63) is 59.2 Å². The summed E-state index contributed by atoms with van der Waals surface area (Å²) in [7, 11) is 3.21. The highest BCUT2D eigenvalue weighted by Gasteiger charge is 2.34. The van der Waals surface area contributed by atoms with E-state index in [9.17, 15) is 9.90 Å². The molecule has 4 heteroatoms. The lowest BCUT2D eigenvalue weighted by atomic mass is 9.77. The highest BCUT2D eigenvalue weighted by atomic mass is 16.5. The number of Topliss-reactive ketones (excluding diaryl/α,β-unsaturated/α-hetero) is 1. The van der Waals surface area contributed by atoms with Crippen LogP contribution in [0.5, 0.6) is 11.5 Å². The SMILES string of the molecule is COc1ccc(C(=O)C2c3ccc(OC)cc3CCC2O)cc1. The van der Waals surface area contributed by atoms with Gasteiger partial charge in [-0.2, -0.15) is 0 Å². The van der Waals surface area contributed by atoms with Gasteiger partial charge in [0.2, 0.25) is 0 Å². The molecule has 1 N–H and O–H groups in total. The number of aliphatic hydroxyl groups excluding tert-OH is 1. The number of methoxy groups -OCH3 is 2. The van der Waals surface area contributed by atoms with E-state index in [0.29, 0.717) is 17.7 Å². The van der Waals surface area contributed by atoms with Crippen molar-refractivity contribution in [2.45, 2.75) is 24.9 Å². The zero-order valence-corrected chi connectivity index (χ0v) is 13.3. The first-order valence-electron chi connectivity index (χ1n) is 7.67. The molecule has 0 bridgehead atoms. The van der Waals surface area contributed by atoms with Gasteiger partial charge in [-0.05, 0) is 60.4 Å². The average Bonchev–Trinajstić information content (AvgIpc) is 2.60. The third-order valence-corrected chi connectivity index (χ3v) is 4.44. The van der Waals surface area contributed by atoms with E-state index in [-0.39, 0.29) is 5.78 Å². The minimum absolute atomic E-state index is 0.0636. The predicted octanol–water partition coefficient (Wildman–Crippen LogP) is 2.98. The molecule has 0 spiro atoms. The molecular weight excluding hydrogens is 292 g/mol. The molecule has 0 heterocycles. The van der Waals surface area contributed by atoms with E-state index in [1.54, 1.807) is 38.5 Å². The normalized spacial score (nSPS) is 19.8. The van der Waals surface area contributed by atoms with Crippen molar-refractivity contribution in [2.24, 2.45) is 0 Å². The zero-order valence-electron chi connectivity index (χ0n) is 13.3. The summed E-state index contributed by atoms with van der Waals surface area (Å²) in [6, 6.07) is 12.7. The first-order valence-corrected chi connectivity index (χ1v) is 7.67. The highest BCUT2D eigenvalue weighted by Crippen LogP contribution is 2.36. The topological polar surface area (TPSA) is 55.8 Å². The van der Waals surface area contributed by atoms with Crippen LogP contribution in [0.15, 0.2) is 42.5 Å². The summed E-state index contributed by atoms with van der Waals surface area (Å²) in [6.07, 6.45) is 0.665. The number of carbonyl (C=O) groups excluding carboxylic acids is 1. The highest BCUT2D eigenvalue weighted by molar-refractivity contribution is 6.01. The largest absolute Gasteiger partial charge is 0.497 e. The molecule has 1 aliphatic carbocycles. The van der Waals surface area contributed by atoms with Gasteiger partial charge >= 0.3 is 0 Å². The van der Waals surface area contributed by atoms with Gasteiger partial charge in [-0.1, -0.05) is 6.07 Å². The number of aliphatic hydroxyl groups is 1. The summed E-state index contributed by atoms with van der Waals surface area (Å²) in [6.45, 7) is 0. The summed E-state index contributed by atoms with van der Waals surface area (Å²) >= 11 is 0. The smallest absolute Gasteiger partial charge is 0.172 e. The average molecular weight is 312 g/mol. The first kappa shape index (κ1) is 15.6. The number of ether oxygens (including phenoxy) is 2. The van der Waals surface area contributed by atoms with E-state index < -0.39 is 12.0 Å². The van der Waals surface area contributed by atoms with Crippen LogP contribution in [0.3, 0.4) is 0 Å². The Hall–Kier alpha value is -2.33. The van der Waals surface area contributed by atoms with Gasteiger partial charge in [0, 0.05) is 5.56 Å². The van der Waals surface area contributed by atoms with Crippen molar-refractivity contribution in [3.63, 3.8) is 0 Å². The molecule has 2 unspecified atom stereocenters. The molecule has 0 aliphatic heterocycles. The maximum atomic E-state index is 12.9. The summed E-state index contributed by atoms with van der Waals surface area (Å²) in [5.41, 5.74) is 2.55. The van der Waals surface area contributed by atoms with Crippen molar-refractivity contribution in [3.8, 4) is 11.5 Å². The molecule has 0 radical (unpaired) electrons. The number of ketones is 1. The van der Waals surface area contributed by atoms with Gasteiger partial charge in [0.25, 0.3) is 0 Å². The van der Waals surface area contributed by atoms with Crippen LogP contribution in [0.25, 0.3) is 0 Å². The lowest BCUT2D eigenvalue weighted by molar-refractivity contribution is 0.0772. The summed E-state index contributed by atoms with van der Waals surface area (Å²) < 4.78 is 10.4. The minimum atomic E-state index is -0.662. The molecule has 4 nitrogen and oxygen atoms in total. The number of aryl methyl sites for hydroxylation is 1. The second-order valence-electron chi connectivity index (χ2n) is 5.74. The Bertz CT molecular complexity index is 706. The van der Waals surface area contributed by atoms with E-state index in [0.717, 1.165) is 23.3 Å². The first-order chi connectivity index (χ1) is 11.1. The van der Waals surface area contributed by atoms with Crippen LogP contribution < -0.4 is 9.47 Å². The number of rotatable bonds is 4. The van der Waals surface area contributed by atoms with Gasteiger partial charge in [0.15, 0.2) is 5.78 Å². The third-order valence-electron chi connectivity index (χ3n) is 4.44. The summed E-state index contributed by atoms with van der Waals surface area (Å²) in [5, 5.41) is 10.4. The van der Waals surface area contributed by atoms with E-state index in [2.05, 4.69) is 0 Å². The Morgan fingerprint density at radius 3 is 2.35 bits per heavy atom. The molecular formula is C19H20O4. The molecule has 3 rings (SSSR count). The Kier molecular flexibility index (Phi) is 4.35. The monoisotopic (exact) mass is 312 g/mol. The molecule has 2 aromatic rings. The Balaban J connectivity index is 1.96. The Morgan fingerprint density at radius 2 is 1.70 bits per heavy atom. The lowest BCUT2D eigenvalue weighted by Gasteiger charge is -2.29. The molecule has 23 heavy (non-hydrogen) atoms. The van der Waals surface area contributed by atoms with E-state index >= 15 is 0 Å². The fraction of sp³-hybridized carbons (Fsp3) is 0.316. The molecule has 120 valence electrons. The molecule has 1 aliphatic rings. The number of benzene rings is 2. The molecule has 0 aromatic heterocycles. The maximum Gasteiger partial charge on any atom is 0.172 e. The van der Waals surface area contributed by atoms with Gasteiger partial charge < -0.3 is 14.6 Å². The van der Waals surface area contributed by atoms with Crippen molar-refractivity contribution in [2.75, 3.05) is 14.2 Å². The van der Waals surface area contributed by atoms with Crippen molar-refractivity contribution in [1.82, 2.24) is 0 Å². The van der Waals surface area contributed by atoms with Crippen LogP contribution in [-0.2, 0) is 6.42 Å². The lowest BCUT2D eigenvalue weighted by Crippen LogP contribution is -2.31. The standard InChI is InChI=1S/C19H20O4/c1-22-14-6-3-12(4-7-14)19(21)18-16-9-8-15(23-2)11-13(16)5-10-17(18)20/h3-4,6-9,11,17-18,20H,5,10H2,1-2H3. The molecule has 0 saturated heterocycles. The third kappa shape index (κ3) is 2.94. The number of hydrogen-bond acceptors (Lipinski definition) is 4. The van der Waals surface area contributed by atoms with Crippen LogP contribution >= 0.6 is 0 Å². The fourth-order valence-corrected chi connectivity index (χ4v) is 3.16. The molecule has 0 fully saturated rings. The fourth-order valence-electron chi connectivity index (χ4n) is 3.16. The second-order valence-corrected chi connectivity index (χ2v) is 5.74. The van der Waals surface area contributed by atoms with Crippen LogP contribution in [0.4, 0.5) is 0 Å². The van der Waals surface area contributed by atoms with E-state index in [4.69, 9.17) is 9.47 Å². The summed E-state index contributed by atoms with van der Waals surface area (Å²) in [4.78, 5) is 12.9. The van der Waals surface area contributed by atoms with Crippen LogP contribution in [-0.4, -0.2) is 31.2 Å². The van der Waals surface area contributed by atoms with Crippen molar-refractivity contribution >= 4 is 5.78 Å². The Labute approximate surface area is 135 Å². The van der Waals surface area contributed by atoms with Gasteiger partial charge in [-0.15, -0.1) is 0 Å². The quantitative estimate of drug-likeness (QED) is 0.882. The van der Waals surface area contributed by atoms with Gasteiger partial charge in [-0.3, -0.25) is 4.79 Å². The maximum absolute atomic E-state index is 12.9. The Morgan fingerprint density at radius 1 is 1.04 bits per heavy atom. The van der Waals surface area contributed by atoms with Gasteiger partial charge in [0.05, 0.1) is 26.2 Å². The molecule has 0 amide bonds. The van der Waals surface area contributed by atoms with Crippen LogP contribution in [0.1, 0.15) is 33.8 Å². The van der Waals surface area contributed by atoms with Gasteiger partial charge in [-0.25, -0.2) is 0 Å². The van der Waals surface area contributed by atoms with Crippen LogP contribution in [0, 0.1) is 0 Å². The minimum Gasteiger partial charge on any atom is -0.497 e. The molecule has 2 atom stereocenters. The number of fused-ring (bicyclic) bond motifs is 1. The molecule has 0 saturated carbocycles.